The van der Waals surface area contributed by atoms with Gasteiger partial charge in [-0.1, -0.05) is 57.9 Å². The maximum atomic E-state index is 11.5. The molecule has 0 saturated carbocycles. The fraction of sp³-hybridized carbons (Fsp3) is 0.625. The normalized spacial score (nSPS) is 11.1. The molecular formula is C16H26N2OS. The predicted molar refractivity (Wildman–Crippen MR) is 87.3 cm³/mol. The van der Waals surface area contributed by atoms with Crippen LogP contribution in [0, 0.1) is 0 Å². The van der Waals surface area contributed by atoms with Crippen LogP contribution in [0.5, 0.6) is 0 Å². The van der Waals surface area contributed by atoms with Crippen LogP contribution in [0.15, 0.2) is 22.6 Å². The molecule has 0 unspecified atom stereocenters. The van der Waals surface area contributed by atoms with E-state index < -0.39 is 0 Å². The van der Waals surface area contributed by atoms with Crippen molar-refractivity contribution in [2.24, 2.45) is 5.10 Å². The van der Waals surface area contributed by atoms with Crippen LogP contribution in [0.2, 0.25) is 0 Å². The van der Waals surface area contributed by atoms with Gasteiger partial charge in [0, 0.05) is 11.3 Å². The highest BCUT2D eigenvalue weighted by molar-refractivity contribution is 7.11. The summed E-state index contributed by atoms with van der Waals surface area (Å²) < 4.78 is 0. The van der Waals surface area contributed by atoms with E-state index in [0.29, 0.717) is 6.42 Å². The molecule has 1 aromatic rings. The Labute approximate surface area is 126 Å². The molecule has 0 saturated heterocycles. The standard InChI is InChI=1S/C16H26N2OS/c1-2-3-4-5-6-7-8-9-12-16(19)18-17-14-15-11-10-13-20-15/h10-11,13-14H,2-9,12H2,1H3,(H,18,19)/b17-14+. The summed E-state index contributed by atoms with van der Waals surface area (Å²) in [6.07, 6.45) is 12.3. The Kier molecular flexibility index (Phi) is 9.84. The molecule has 1 N–H and O–H groups in total. The predicted octanol–water partition coefficient (Wildman–Crippen LogP) is 4.73. The summed E-state index contributed by atoms with van der Waals surface area (Å²) in [5, 5.41) is 5.94. The Hall–Kier alpha value is -1.16. The highest BCUT2D eigenvalue weighted by atomic mass is 32.1. The van der Waals surface area contributed by atoms with Crippen LogP contribution in [0.1, 0.15) is 69.6 Å². The smallest absolute Gasteiger partial charge is 0.240 e. The Bertz CT molecular complexity index is 374. The molecule has 0 aliphatic rings. The summed E-state index contributed by atoms with van der Waals surface area (Å²) in [6, 6.07) is 3.94. The molecule has 20 heavy (non-hydrogen) atoms. The molecule has 1 aromatic heterocycles. The van der Waals surface area contributed by atoms with Crippen molar-refractivity contribution in [3.8, 4) is 0 Å². The molecule has 0 aromatic carbocycles. The number of rotatable bonds is 11. The second-order valence-corrected chi connectivity index (χ2v) is 6.01. The van der Waals surface area contributed by atoms with Crippen molar-refractivity contribution in [3.05, 3.63) is 22.4 Å². The Balaban J connectivity index is 1.92. The quantitative estimate of drug-likeness (QED) is 0.358. The van der Waals surface area contributed by atoms with E-state index in [1.54, 1.807) is 17.6 Å². The summed E-state index contributed by atoms with van der Waals surface area (Å²) in [5.41, 5.74) is 2.58. The number of hydrogen-bond acceptors (Lipinski definition) is 3. The molecule has 0 fully saturated rings. The van der Waals surface area contributed by atoms with Gasteiger partial charge < -0.3 is 0 Å². The van der Waals surface area contributed by atoms with Crippen molar-refractivity contribution in [1.29, 1.82) is 0 Å². The van der Waals surface area contributed by atoms with E-state index in [0.717, 1.165) is 17.7 Å². The van der Waals surface area contributed by atoms with Crippen molar-refractivity contribution in [2.75, 3.05) is 0 Å². The lowest BCUT2D eigenvalue weighted by Gasteiger charge is -2.01. The molecule has 112 valence electrons. The second kappa shape index (κ2) is 11.6. The molecular weight excluding hydrogens is 268 g/mol. The molecule has 0 atom stereocenters. The van der Waals surface area contributed by atoms with E-state index in [2.05, 4.69) is 17.5 Å². The largest absolute Gasteiger partial charge is 0.273 e. The van der Waals surface area contributed by atoms with Crippen molar-refractivity contribution in [3.63, 3.8) is 0 Å². The first-order valence-corrected chi connectivity index (χ1v) is 8.56. The number of unbranched alkanes of at least 4 members (excludes halogenated alkanes) is 7. The van der Waals surface area contributed by atoms with Gasteiger partial charge in [0.15, 0.2) is 0 Å². The van der Waals surface area contributed by atoms with Crippen molar-refractivity contribution in [1.82, 2.24) is 5.43 Å². The van der Waals surface area contributed by atoms with Gasteiger partial charge in [0.25, 0.3) is 0 Å². The summed E-state index contributed by atoms with van der Waals surface area (Å²) in [6.45, 7) is 2.24. The van der Waals surface area contributed by atoms with Crippen LogP contribution < -0.4 is 5.43 Å². The number of thiophene rings is 1. The lowest BCUT2D eigenvalue weighted by molar-refractivity contribution is -0.121. The monoisotopic (exact) mass is 294 g/mol. The van der Waals surface area contributed by atoms with Crippen molar-refractivity contribution < 1.29 is 4.79 Å². The van der Waals surface area contributed by atoms with E-state index in [4.69, 9.17) is 0 Å². The first-order chi connectivity index (χ1) is 9.83. The highest BCUT2D eigenvalue weighted by Gasteiger charge is 1.99. The summed E-state index contributed by atoms with van der Waals surface area (Å²) in [7, 11) is 0. The second-order valence-electron chi connectivity index (χ2n) is 5.03. The summed E-state index contributed by atoms with van der Waals surface area (Å²) in [4.78, 5) is 12.6. The molecule has 3 nitrogen and oxygen atoms in total. The van der Waals surface area contributed by atoms with E-state index in [1.165, 1.54) is 38.5 Å². The van der Waals surface area contributed by atoms with E-state index >= 15 is 0 Å². The third-order valence-electron chi connectivity index (χ3n) is 3.18. The number of nitrogens with one attached hydrogen (secondary N) is 1. The van der Waals surface area contributed by atoms with Crippen LogP contribution in [0.4, 0.5) is 0 Å². The average molecular weight is 294 g/mol. The van der Waals surface area contributed by atoms with Crippen LogP contribution in [0.25, 0.3) is 0 Å². The van der Waals surface area contributed by atoms with Crippen molar-refractivity contribution in [2.45, 2.75) is 64.7 Å². The minimum absolute atomic E-state index is 0.0174. The van der Waals surface area contributed by atoms with Gasteiger partial charge in [-0.2, -0.15) is 5.10 Å². The summed E-state index contributed by atoms with van der Waals surface area (Å²) in [5.74, 6) is 0.0174. The van der Waals surface area contributed by atoms with E-state index in [9.17, 15) is 4.79 Å². The van der Waals surface area contributed by atoms with Crippen LogP contribution in [0.3, 0.4) is 0 Å². The molecule has 0 aliphatic heterocycles. The first kappa shape index (κ1) is 16.9. The zero-order valence-corrected chi connectivity index (χ0v) is 13.3. The van der Waals surface area contributed by atoms with Gasteiger partial charge in [0.2, 0.25) is 5.91 Å². The fourth-order valence-electron chi connectivity index (χ4n) is 2.01. The van der Waals surface area contributed by atoms with Crippen molar-refractivity contribution >= 4 is 23.5 Å². The molecule has 1 rings (SSSR count). The highest BCUT2D eigenvalue weighted by Crippen LogP contribution is 2.09. The number of hydrazone groups is 1. The molecule has 4 heteroatoms. The van der Waals surface area contributed by atoms with Gasteiger partial charge in [-0.05, 0) is 17.9 Å². The number of carbonyl (C=O) groups excluding carboxylic acids is 1. The van der Waals surface area contributed by atoms with Gasteiger partial charge in [-0.3, -0.25) is 4.79 Å². The lowest BCUT2D eigenvalue weighted by Crippen LogP contribution is -2.16. The first-order valence-electron chi connectivity index (χ1n) is 7.68. The number of amides is 1. The Morgan fingerprint density at radius 2 is 1.90 bits per heavy atom. The van der Waals surface area contributed by atoms with Crippen LogP contribution >= 0.6 is 11.3 Å². The number of hydrogen-bond donors (Lipinski definition) is 1. The Morgan fingerprint density at radius 1 is 1.20 bits per heavy atom. The zero-order valence-electron chi connectivity index (χ0n) is 12.4. The third kappa shape index (κ3) is 8.86. The van der Waals surface area contributed by atoms with Gasteiger partial charge in [-0.15, -0.1) is 11.3 Å². The van der Waals surface area contributed by atoms with Gasteiger partial charge in [0.05, 0.1) is 6.21 Å². The van der Waals surface area contributed by atoms with Crippen LogP contribution in [-0.2, 0) is 4.79 Å². The molecule has 0 spiro atoms. The molecule has 1 heterocycles. The van der Waals surface area contributed by atoms with Gasteiger partial charge in [-0.25, -0.2) is 5.43 Å². The van der Waals surface area contributed by atoms with Gasteiger partial charge in [0.1, 0.15) is 0 Å². The van der Waals surface area contributed by atoms with E-state index in [1.807, 2.05) is 17.5 Å². The van der Waals surface area contributed by atoms with E-state index in [-0.39, 0.29) is 5.91 Å². The van der Waals surface area contributed by atoms with Gasteiger partial charge >= 0.3 is 0 Å². The average Bonchev–Trinajstić information content (AvgIpc) is 2.95. The third-order valence-corrected chi connectivity index (χ3v) is 3.99. The molecule has 0 bridgehead atoms. The molecule has 0 aliphatic carbocycles. The fourth-order valence-corrected chi connectivity index (χ4v) is 2.59. The lowest BCUT2D eigenvalue weighted by atomic mass is 10.1. The molecule has 0 radical (unpaired) electrons. The maximum Gasteiger partial charge on any atom is 0.240 e. The SMILES string of the molecule is CCCCCCCCCCC(=O)N/N=C/c1cccs1. The molecule has 1 amide bonds. The zero-order chi connectivity index (χ0) is 14.5. The minimum Gasteiger partial charge on any atom is -0.273 e. The van der Waals surface area contributed by atoms with Crippen LogP contribution in [-0.4, -0.2) is 12.1 Å². The minimum atomic E-state index is 0.0174. The Morgan fingerprint density at radius 3 is 2.55 bits per heavy atom. The maximum absolute atomic E-state index is 11.5. The topological polar surface area (TPSA) is 41.5 Å². The number of carbonyl (C=O) groups is 1. The summed E-state index contributed by atoms with van der Waals surface area (Å²) >= 11 is 1.61. The number of nitrogens with zero attached hydrogens (tertiary/aromatic N) is 1.